The smallest absolute Gasteiger partial charge is 0.312 e. The lowest BCUT2D eigenvalue weighted by Gasteiger charge is -2.26. The minimum atomic E-state index is -3.70. The van der Waals surface area contributed by atoms with E-state index in [2.05, 4.69) is 0 Å². The minimum absolute atomic E-state index is 0.0829. The van der Waals surface area contributed by atoms with Gasteiger partial charge in [0.05, 0.1) is 35.5 Å². The van der Waals surface area contributed by atoms with Crippen molar-refractivity contribution in [3.05, 3.63) is 0 Å². The van der Waals surface area contributed by atoms with E-state index >= 15 is 0 Å². The first-order valence-electron chi connectivity index (χ1n) is 8.19. The fourth-order valence-electron chi connectivity index (χ4n) is 2.32. The van der Waals surface area contributed by atoms with Gasteiger partial charge < -0.3 is 18.9 Å². The van der Waals surface area contributed by atoms with Crippen molar-refractivity contribution in [2.24, 2.45) is 10.8 Å². The zero-order valence-corrected chi connectivity index (χ0v) is 15.9. The van der Waals surface area contributed by atoms with Crippen LogP contribution in [0.25, 0.3) is 0 Å². The first-order valence-corrected chi connectivity index (χ1v) is 10.0. The van der Waals surface area contributed by atoms with E-state index in [-0.39, 0.29) is 25.4 Å². The van der Waals surface area contributed by atoms with Crippen LogP contribution in [0.5, 0.6) is 0 Å². The summed E-state index contributed by atoms with van der Waals surface area (Å²) in [5.41, 5.74) is -2.43. The molecule has 0 N–H and O–H groups in total. The summed E-state index contributed by atoms with van der Waals surface area (Å²) in [5.74, 6) is -2.02. The van der Waals surface area contributed by atoms with Gasteiger partial charge in [-0.1, -0.05) is 0 Å². The number of epoxide rings is 2. The third-order valence-corrected chi connectivity index (χ3v) is 6.20. The lowest BCUT2D eigenvalue weighted by molar-refractivity contribution is -0.153. The molecule has 25 heavy (non-hydrogen) atoms. The highest BCUT2D eigenvalue weighted by molar-refractivity contribution is 7.91. The molecule has 0 spiro atoms. The molecule has 2 atom stereocenters. The quantitative estimate of drug-likeness (QED) is 0.395. The molecule has 0 aromatic carbocycles. The van der Waals surface area contributed by atoms with Crippen LogP contribution in [-0.4, -0.2) is 70.5 Å². The largest absolute Gasteiger partial charge is 0.462 e. The number of hydrogen-bond donors (Lipinski definition) is 0. The van der Waals surface area contributed by atoms with E-state index in [9.17, 15) is 18.0 Å². The SMILES string of the molecule is CC(C)(CS(=O)(=O)CC(C)(C)C(=O)OCC1CO1)C(=O)OCC1CO1. The van der Waals surface area contributed by atoms with Crippen molar-refractivity contribution in [1.29, 1.82) is 0 Å². The summed E-state index contributed by atoms with van der Waals surface area (Å²) in [6.07, 6.45) is -0.166. The minimum Gasteiger partial charge on any atom is -0.462 e. The second kappa shape index (κ2) is 7.20. The fraction of sp³-hybridized carbons (Fsp3) is 0.875. The van der Waals surface area contributed by atoms with E-state index in [1.165, 1.54) is 27.7 Å². The molecule has 0 bridgehead atoms. The number of sulfone groups is 1. The summed E-state index contributed by atoms with van der Waals surface area (Å²) in [5, 5.41) is 0. The van der Waals surface area contributed by atoms with E-state index in [1.807, 2.05) is 0 Å². The van der Waals surface area contributed by atoms with Crippen molar-refractivity contribution >= 4 is 21.8 Å². The Kier molecular flexibility index (Phi) is 5.80. The summed E-state index contributed by atoms with van der Waals surface area (Å²) in [6.45, 7) is 7.40. The predicted molar refractivity (Wildman–Crippen MR) is 87.6 cm³/mol. The van der Waals surface area contributed by atoms with Crippen molar-refractivity contribution in [2.45, 2.75) is 39.9 Å². The molecule has 2 saturated heterocycles. The van der Waals surface area contributed by atoms with Gasteiger partial charge in [0.2, 0.25) is 0 Å². The molecular formula is C16H26O8S. The van der Waals surface area contributed by atoms with Crippen molar-refractivity contribution < 1.29 is 37.0 Å². The standard InChI is InChI=1S/C16H26O8S/c1-15(2,13(17)23-7-11-5-21-11)9-25(19,20)10-16(3,4)14(18)24-8-12-6-22-12/h11-12H,5-10H2,1-4H3. The Morgan fingerprint density at radius 3 is 1.48 bits per heavy atom. The molecule has 0 amide bonds. The molecule has 0 aromatic heterocycles. The van der Waals surface area contributed by atoms with E-state index in [4.69, 9.17) is 18.9 Å². The maximum absolute atomic E-state index is 12.5. The summed E-state index contributed by atoms with van der Waals surface area (Å²) < 4.78 is 45.1. The number of ether oxygens (including phenoxy) is 4. The molecule has 2 heterocycles. The lowest BCUT2D eigenvalue weighted by atomic mass is 9.96. The molecule has 2 aliphatic rings. The van der Waals surface area contributed by atoms with Gasteiger partial charge in [-0.05, 0) is 27.7 Å². The van der Waals surface area contributed by atoms with Crippen LogP contribution in [0.4, 0.5) is 0 Å². The monoisotopic (exact) mass is 378 g/mol. The topological polar surface area (TPSA) is 112 Å². The van der Waals surface area contributed by atoms with E-state index in [0.29, 0.717) is 13.2 Å². The average molecular weight is 378 g/mol. The molecular weight excluding hydrogens is 352 g/mol. The Hall–Kier alpha value is -1.19. The highest BCUT2D eigenvalue weighted by Crippen LogP contribution is 2.27. The normalized spacial score (nSPS) is 23.0. The number of carbonyl (C=O) groups is 2. The van der Waals surface area contributed by atoms with Gasteiger partial charge in [-0.15, -0.1) is 0 Å². The van der Waals surface area contributed by atoms with Crippen molar-refractivity contribution in [1.82, 2.24) is 0 Å². The predicted octanol–water partition coefficient (Wildman–Crippen LogP) is 0.338. The van der Waals surface area contributed by atoms with Gasteiger partial charge in [-0.25, -0.2) is 8.42 Å². The van der Waals surface area contributed by atoms with Gasteiger partial charge in [0.25, 0.3) is 0 Å². The zero-order chi connectivity index (χ0) is 18.9. The molecule has 2 fully saturated rings. The molecule has 144 valence electrons. The van der Waals surface area contributed by atoms with Crippen LogP contribution in [0, 0.1) is 10.8 Å². The van der Waals surface area contributed by atoms with Gasteiger partial charge in [0, 0.05) is 0 Å². The summed E-state index contributed by atoms with van der Waals surface area (Å²) in [6, 6.07) is 0. The molecule has 0 saturated carbocycles. The molecule has 2 unspecified atom stereocenters. The highest BCUT2D eigenvalue weighted by atomic mass is 32.2. The molecule has 2 aliphatic heterocycles. The van der Waals surface area contributed by atoms with Gasteiger partial charge >= 0.3 is 11.9 Å². The first-order chi connectivity index (χ1) is 11.4. The van der Waals surface area contributed by atoms with Crippen molar-refractivity contribution in [3.8, 4) is 0 Å². The second-order valence-electron chi connectivity index (χ2n) is 7.91. The second-order valence-corrected chi connectivity index (χ2v) is 9.97. The van der Waals surface area contributed by atoms with Crippen LogP contribution in [0.3, 0.4) is 0 Å². The van der Waals surface area contributed by atoms with Gasteiger partial charge in [-0.2, -0.15) is 0 Å². The van der Waals surface area contributed by atoms with Crippen LogP contribution in [-0.2, 0) is 38.4 Å². The number of esters is 2. The van der Waals surface area contributed by atoms with Crippen LogP contribution in [0.2, 0.25) is 0 Å². The molecule has 0 aliphatic carbocycles. The molecule has 0 radical (unpaired) electrons. The van der Waals surface area contributed by atoms with Crippen LogP contribution in [0.15, 0.2) is 0 Å². The van der Waals surface area contributed by atoms with Crippen LogP contribution in [0.1, 0.15) is 27.7 Å². The molecule has 0 aromatic rings. The summed E-state index contributed by atoms with van der Waals surface area (Å²) in [7, 11) is -3.70. The van der Waals surface area contributed by atoms with Gasteiger partial charge in [-0.3, -0.25) is 9.59 Å². The third-order valence-electron chi connectivity index (χ3n) is 3.87. The molecule has 2 rings (SSSR count). The Morgan fingerprint density at radius 1 is 0.880 bits per heavy atom. The maximum Gasteiger partial charge on any atom is 0.312 e. The van der Waals surface area contributed by atoms with Gasteiger partial charge in [0.1, 0.15) is 25.4 Å². The van der Waals surface area contributed by atoms with E-state index in [0.717, 1.165) is 0 Å². The number of hydrogen-bond acceptors (Lipinski definition) is 8. The van der Waals surface area contributed by atoms with E-state index < -0.39 is 44.1 Å². The Balaban J connectivity index is 1.88. The fourth-order valence-corrected chi connectivity index (χ4v) is 4.86. The van der Waals surface area contributed by atoms with Crippen LogP contribution < -0.4 is 0 Å². The third kappa shape index (κ3) is 6.56. The molecule has 8 nitrogen and oxygen atoms in total. The summed E-state index contributed by atoms with van der Waals surface area (Å²) >= 11 is 0. The van der Waals surface area contributed by atoms with Gasteiger partial charge in [0.15, 0.2) is 9.84 Å². The van der Waals surface area contributed by atoms with Crippen molar-refractivity contribution in [3.63, 3.8) is 0 Å². The Morgan fingerprint density at radius 2 is 1.20 bits per heavy atom. The first kappa shape index (κ1) is 20.1. The lowest BCUT2D eigenvalue weighted by Crippen LogP contribution is -2.40. The Labute approximate surface area is 148 Å². The summed E-state index contributed by atoms with van der Waals surface area (Å²) in [4.78, 5) is 24.2. The van der Waals surface area contributed by atoms with Crippen molar-refractivity contribution in [2.75, 3.05) is 37.9 Å². The zero-order valence-electron chi connectivity index (χ0n) is 15.1. The average Bonchev–Trinajstić information content (AvgIpc) is 3.34. The number of rotatable bonds is 10. The number of carbonyl (C=O) groups excluding carboxylic acids is 2. The maximum atomic E-state index is 12.5. The molecule has 9 heteroatoms. The van der Waals surface area contributed by atoms with Crippen LogP contribution >= 0.6 is 0 Å². The Bertz CT molecular complexity index is 566. The highest BCUT2D eigenvalue weighted by Gasteiger charge is 2.41. The van der Waals surface area contributed by atoms with E-state index in [1.54, 1.807) is 0 Å².